The SMILES string of the molecule is NC(=O)CCC(CO)(CO)CO. The standard InChI is InChI=1S/C7H15NO4/c8-6(12)1-2-7(3-9,4-10)5-11/h9-11H,1-5H2,(H2,8,12). The summed E-state index contributed by atoms with van der Waals surface area (Å²) in [5, 5.41) is 26.5. The maximum atomic E-state index is 10.4. The molecule has 0 bridgehead atoms. The number of rotatable bonds is 6. The third kappa shape index (κ3) is 3.17. The molecule has 0 aromatic rings. The number of primary amides is 1. The maximum absolute atomic E-state index is 10.4. The van der Waals surface area contributed by atoms with Crippen LogP contribution in [0.15, 0.2) is 0 Å². The molecule has 12 heavy (non-hydrogen) atoms. The van der Waals surface area contributed by atoms with Crippen LogP contribution < -0.4 is 5.73 Å². The highest BCUT2D eigenvalue weighted by molar-refractivity contribution is 5.73. The number of aliphatic hydroxyl groups is 3. The van der Waals surface area contributed by atoms with Crippen LogP contribution in [0.3, 0.4) is 0 Å². The summed E-state index contributed by atoms with van der Waals surface area (Å²) in [7, 11) is 0. The van der Waals surface area contributed by atoms with Gasteiger partial charge in [0.05, 0.1) is 19.8 Å². The van der Waals surface area contributed by atoms with E-state index in [2.05, 4.69) is 0 Å². The van der Waals surface area contributed by atoms with Crippen LogP contribution in [0.2, 0.25) is 0 Å². The van der Waals surface area contributed by atoms with Crippen LogP contribution in [0.25, 0.3) is 0 Å². The van der Waals surface area contributed by atoms with Gasteiger partial charge >= 0.3 is 0 Å². The molecule has 0 spiro atoms. The molecule has 0 aromatic carbocycles. The molecule has 0 aliphatic heterocycles. The molecule has 0 saturated heterocycles. The minimum absolute atomic E-state index is 0.0572. The molecule has 1 amide bonds. The van der Waals surface area contributed by atoms with Gasteiger partial charge in [0.1, 0.15) is 0 Å². The highest BCUT2D eigenvalue weighted by atomic mass is 16.3. The molecule has 0 unspecified atom stereocenters. The third-order valence-electron chi connectivity index (χ3n) is 1.91. The van der Waals surface area contributed by atoms with Crippen molar-refractivity contribution in [3.05, 3.63) is 0 Å². The Balaban J connectivity index is 4.01. The fraction of sp³-hybridized carbons (Fsp3) is 0.857. The summed E-state index contributed by atoms with van der Waals surface area (Å²) < 4.78 is 0. The summed E-state index contributed by atoms with van der Waals surface area (Å²) in [5.41, 5.74) is 3.90. The Hall–Kier alpha value is -0.650. The van der Waals surface area contributed by atoms with Gasteiger partial charge < -0.3 is 21.1 Å². The van der Waals surface area contributed by atoms with Gasteiger partial charge in [-0.3, -0.25) is 4.79 Å². The molecule has 0 aliphatic carbocycles. The Kier molecular flexibility index (Phi) is 4.80. The predicted molar refractivity (Wildman–Crippen MR) is 42.1 cm³/mol. The Morgan fingerprint density at radius 2 is 1.58 bits per heavy atom. The number of carbonyl (C=O) groups is 1. The van der Waals surface area contributed by atoms with E-state index >= 15 is 0 Å². The normalized spacial score (nSPS) is 11.6. The largest absolute Gasteiger partial charge is 0.396 e. The molecule has 72 valence electrons. The van der Waals surface area contributed by atoms with Crippen LogP contribution in [0.4, 0.5) is 0 Å². The first-order valence-electron chi connectivity index (χ1n) is 3.71. The molecule has 5 N–H and O–H groups in total. The lowest BCUT2D eigenvalue weighted by atomic mass is 9.86. The minimum atomic E-state index is -0.977. The Morgan fingerprint density at radius 3 is 1.83 bits per heavy atom. The zero-order valence-corrected chi connectivity index (χ0v) is 6.86. The summed E-state index contributed by atoms with van der Waals surface area (Å²) in [6, 6.07) is 0. The average Bonchev–Trinajstić information content (AvgIpc) is 2.08. The van der Waals surface area contributed by atoms with Crippen molar-refractivity contribution in [1.29, 1.82) is 0 Å². The first-order chi connectivity index (χ1) is 5.60. The number of aliphatic hydroxyl groups excluding tert-OH is 3. The lowest BCUT2D eigenvalue weighted by molar-refractivity contribution is -0.119. The molecule has 0 atom stereocenters. The zero-order chi connectivity index (χ0) is 9.61. The first kappa shape index (κ1) is 11.4. The predicted octanol–water partition coefficient (Wildman–Crippen LogP) is -1.78. The fourth-order valence-electron chi connectivity index (χ4n) is 0.776. The van der Waals surface area contributed by atoms with Gasteiger partial charge in [0.15, 0.2) is 0 Å². The monoisotopic (exact) mass is 177 g/mol. The zero-order valence-electron chi connectivity index (χ0n) is 6.86. The Morgan fingerprint density at radius 1 is 1.17 bits per heavy atom. The summed E-state index contributed by atoms with van der Waals surface area (Å²) in [5.74, 6) is -0.505. The molecule has 0 radical (unpaired) electrons. The Bertz CT molecular complexity index is 136. The van der Waals surface area contributed by atoms with Crippen molar-refractivity contribution in [3.8, 4) is 0 Å². The number of hydrogen-bond acceptors (Lipinski definition) is 4. The van der Waals surface area contributed by atoms with E-state index in [0.29, 0.717) is 0 Å². The van der Waals surface area contributed by atoms with Gasteiger partial charge in [-0.1, -0.05) is 0 Å². The average molecular weight is 177 g/mol. The van der Waals surface area contributed by atoms with Crippen molar-refractivity contribution >= 4 is 5.91 Å². The molecule has 0 saturated carbocycles. The number of nitrogens with two attached hydrogens (primary N) is 1. The van der Waals surface area contributed by atoms with Crippen LogP contribution in [0.1, 0.15) is 12.8 Å². The highest BCUT2D eigenvalue weighted by Gasteiger charge is 2.28. The van der Waals surface area contributed by atoms with Crippen LogP contribution >= 0.6 is 0 Å². The van der Waals surface area contributed by atoms with Gasteiger partial charge in [-0.2, -0.15) is 0 Å². The van der Waals surface area contributed by atoms with E-state index < -0.39 is 11.3 Å². The highest BCUT2D eigenvalue weighted by Crippen LogP contribution is 2.21. The van der Waals surface area contributed by atoms with Crippen molar-refractivity contribution < 1.29 is 20.1 Å². The van der Waals surface area contributed by atoms with E-state index in [4.69, 9.17) is 21.1 Å². The van der Waals surface area contributed by atoms with E-state index in [9.17, 15) is 4.79 Å². The molecular formula is C7H15NO4. The summed E-state index contributed by atoms with van der Waals surface area (Å²) >= 11 is 0. The first-order valence-corrected chi connectivity index (χ1v) is 3.71. The summed E-state index contributed by atoms with van der Waals surface area (Å²) in [6.07, 6.45) is 0.257. The summed E-state index contributed by atoms with van der Waals surface area (Å²) in [6.45, 7) is -1.06. The van der Waals surface area contributed by atoms with E-state index in [1.807, 2.05) is 0 Å². The van der Waals surface area contributed by atoms with E-state index in [0.717, 1.165) is 0 Å². The van der Waals surface area contributed by atoms with Crippen LogP contribution in [-0.2, 0) is 4.79 Å². The molecule has 5 nitrogen and oxygen atoms in total. The molecule has 0 rings (SSSR count). The second-order valence-corrected chi connectivity index (χ2v) is 2.94. The van der Waals surface area contributed by atoms with Crippen LogP contribution in [0, 0.1) is 5.41 Å². The molecule has 0 fully saturated rings. The summed E-state index contributed by atoms with van der Waals surface area (Å²) in [4.78, 5) is 10.4. The van der Waals surface area contributed by atoms with Crippen LogP contribution in [-0.4, -0.2) is 41.0 Å². The smallest absolute Gasteiger partial charge is 0.217 e. The Labute approximate surface area is 70.8 Å². The topological polar surface area (TPSA) is 104 Å². The fourth-order valence-corrected chi connectivity index (χ4v) is 0.776. The van der Waals surface area contributed by atoms with Gasteiger partial charge in [0, 0.05) is 11.8 Å². The second-order valence-electron chi connectivity index (χ2n) is 2.94. The number of amides is 1. The molecular weight excluding hydrogens is 162 g/mol. The van der Waals surface area contributed by atoms with E-state index in [1.54, 1.807) is 0 Å². The van der Waals surface area contributed by atoms with Crippen molar-refractivity contribution in [3.63, 3.8) is 0 Å². The lowest BCUT2D eigenvalue weighted by Crippen LogP contribution is -2.35. The number of carbonyl (C=O) groups excluding carboxylic acids is 1. The van der Waals surface area contributed by atoms with E-state index in [-0.39, 0.29) is 32.7 Å². The van der Waals surface area contributed by atoms with Crippen molar-refractivity contribution in [1.82, 2.24) is 0 Å². The van der Waals surface area contributed by atoms with E-state index in [1.165, 1.54) is 0 Å². The quantitative estimate of drug-likeness (QED) is 0.385. The maximum Gasteiger partial charge on any atom is 0.217 e. The lowest BCUT2D eigenvalue weighted by Gasteiger charge is -2.26. The van der Waals surface area contributed by atoms with Gasteiger partial charge in [0.2, 0.25) is 5.91 Å². The molecule has 0 aliphatic rings. The third-order valence-corrected chi connectivity index (χ3v) is 1.91. The molecule has 0 aromatic heterocycles. The van der Waals surface area contributed by atoms with Crippen molar-refractivity contribution in [2.45, 2.75) is 12.8 Å². The van der Waals surface area contributed by atoms with Crippen molar-refractivity contribution in [2.24, 2.45) is 11.1 Å². The van der Waals surface area contributed by atoms with Gasteiger partial charge in [-0.05, 0) is 6.42 Å². The second kappa shape index (κ2) is 5.08. The van der Waals surface area contributed by atoms with Crippen LogP contribution in [0.5, 0.6) is 0 Å². The number of hydrogen-bond donors (Lipinski definition) is 4. The minimum Gasteiger partial charge on any atom is -0.396 e. The molecule has 5 heteroatoms. The van der Waals surface area contributed by atoms with Gasteiger partial charge in [-0.25, -0.2) is 0 Å². The van der Waals surface area contributed by atoms with Crippen molar-refractivity contribution in [2.75, 3.05) is 19.8 Å². The van der Waals surface area contributed by atoms with Gasteiger partial charge in [0.25, 0.3) is 0 Å². The van der Waals surface area contributed by atoms with Gasteiger partial charge in [-0.15, -0.1) is 0 Å². The molecule has 0 heterocycles.